The molecule has 0 amide bonds. The molecule has 0 unspecified atom stereocenters. The standard InChI is InChI=1S/C15H22N4S/c1-11-8-12(10-16-9-11)14-19-18-13(20-14)6-5-7-17-15(2,3)4/h8-10,17H,5-7H2,1-4H3. The van der Waals surface area contributed by atoms with Crippen LogP contribution in [0.3, 0.4) is 0 Å². The predicted octanol–water partition coefficient (Wildman–Crippen LogP) is 3.23. The fourth-order valence-electron chi connectivity index (χ4n) is 1.85. The molecule has 0 spiro atoms. The first-order valence-electron chi connectivity index (χ1n) is 6.93. The molecule has 1 N–H and O–H groups in total. The summed E-state index contributed by atoms with van der Waals surface area (Å²) in [5.74, 6) is 0. The molecule has 20 heavy (non-hydrogen) atoms. The van der Waals surface area contributed by atoms with Crippen molar-refractivity contribution in [3.63, 3.8) is 0 Å². The third kappa shape index (κ3) is 4.65. The van der Waals surface area contributed by atoms with Gasteiger partial charge in [0.15, 0.2) is 0 Å². The Morgan fingerprint density at radius 1 is 1.20 bits per heavy atom. The molecule has 0 atom stereocenters. The second-order valence-corrected chi connectivity index (χ2v) is 7.09. The molecule has 0 saturated heterocycles. The highest BCUT2D eigenvalue weighted by Crippen LogP contribution is 2.23. The van der Waals surface area contributed by atoms with Gasteiger partial charge >= 0.3 is 0 Å². The van der Waals surface area contributed by atoms with Crippen LogP contribution in [0.5, 0.6) is 0 Å². The van der Waals surface area contributed by atoms with Gasteiger partial charge in [-0.05, 0) is 52.3 Å². The van der Waals surface area contributed by atoms with Crippen molar-refractivity contribution < 1.29 is 0 Å². The van der Waals surface area contributed by atoms with E-state index in [1.165, 1.54) is 0 Å². The van der Waals surface area contributed by atoms with Crippen molar-refractivity contribution >= 4 is 11.3 Å². The van der Waals surface area contributed by atoms with Crippen LogP contribution in [-0.4, -0.2) is 27.3 Å². The van der Waals surface area contributed by atoms with E-state index in [9.17, 15) is 0 Å². The van der Waals surface area contributed by atoms with Gasteiger partial charge in [-0.1, -0.05) is 11.3 Å². The molecule has 0 saturated carbocycles. The Morgan fingerprint density at radius 2 is 2.00 bits per heavy atom. The smallest absolute Gasteiger partial charge is 0.149 e. The van der Waals surface area contributed by atoms with Crippen molar-refractivity contribution in [2.45, 2.75) is 46.1 Å². The highest BCUT2D eigenvalue weighted by Gasteiger charge is 2.09. The summed E-state index contributed by atoms with van der Waals surface area (Å²) in [6, 6.07) is 2.10. The maximum Gasteiger partial charge on any atom is 0.149 e. The summed E-state index contributed by atoms with van der Waals surface area (Å²) >= 11 is 1.66. The van der Waals surface area contributed by atoms with Crippen molar-refractivity contribution in [1.82, 2.24) is 20.5 Å². The molecule has 0 aliphatic rings. The number of nitrogens with zero attached hydrogens (tertiary/aromatic N) is 3. The zero-order valence-electron chi connectivity index (χ0n) is 12.6. The Bertz CT molecular complexity index is 557. The number of hydrogen-bond donors (Lipinski definition) is 1. The lowest BCUT2D eigenvalue weighted by Gasteiger charge is -2.20. The normalized spacial score (nSPS) is 11.8. The van der Waals surface area contributed by atoms with Crippen LogP contribution in [0.15, 0.2) is 18.5 Å². The van der Waals surface area contributed by atoms with Gasteiger partial charge in [0.25, 0.3) is 0 Å². The first kappa shape index (κ1) is 15.1. The van der Waals surface area contributed by atoms with E-state index >= 15 is 0 Å². The molecule has 0 aromatic carbocycles. The lowest BCUT2D eigenvalue weighted by molar-refractivity contribution is 0.422. The molecule has 0 aliphatic heterocycles. The maximum absolute atomic E-state index is 4.27. The van der Waals surface area contributed by atoms with Gasteiger partial charge in [-0.3, -0.25) is 4.98 Å². The van der Waals surface area contributed by atoms with Crippen LogP contribution in [0.4, 0.5) is 0 Å². The molecule has 0 aliphatic carbocycles. The summed E-state index contributed by atoms with van der Waals surface area (Å²) in [5.41, 5.74) is 2.38. The summed E-state index contributed by atoms with van der Waals surface area (Å²) < 4.78 is 0. The molecule has 0 bridgehead atoms. The fourth-order valence-corrected chi connectivity index (χ4v) is 2.71. The first-order valence-corrected chi connectivity index (χ1v) is 7.75. The highest BCUT2D eigenvalue weighted by atomic mass is 32.1. The van der Waals surface area contributed by atoms with Gasteiger partial charge in [0.05, 0.1) is 0 Å². The van der Waals surface area contributed by atoms with Gasteiger partial charge in [-0.25, -0.2) is 0 Å². The van der Waals surface area contributed by atoms with Crippen molar-refractivity contribution in [2.75, 3.05) is 6.54 Å². The van der Waals surface area contributed by atoms with E-state index in [1.807, 2.05) is 19.3 Å². The molecule has 0 fully saturated rings. The van der Waals surface area contributed by atoms with Crippen LogP contribution in [0, 0.1) is 6.92 Å². The third-order valence-corrected chi connectivity index (χ3v) is 3.84. The predicted molar refractivity (Wildman–Crippen MR) is 84.0 cm³/mol. The fraction of sp³-hybridized carbons (Fsp3) is 0.533. The number of hydrogen-bond acceptors (Lipinski definition) is 5. The molecule has 108 valence electrons. The molecule has 2 heterocycles. The molecule has 2 rings (SSSR count). The van der Waals surface area contributed by atoms with Gasteiger partial charge in [0.1, 0.15) is 10.0 Å². The Balaban J connectivity index is 1.90. The van der Waals surface area contributed by atoms with Gasteiger partial charge in [-0.15, -0.1) is 10.2 Å². The molecule has 4 nitrogen and oxygen atoms in total. The van der Waals surface area contributed by atoms with E-state index in [1.54, 1.807) is 11.3 Å². The number of rotatable bonds is 5. The summed E-state index contributed by atoms with van der Waals surface area (Å²) in [4.78, 5) is 4.20. The van der Waals surface area contributed by atoms with E-state index in [2.05, 4.69) is 47.3 Å². The van der Waals surface area contributed by atoms with Crippen molar-refractivity contribution in [1.29, 1.82) is 0 Å². The second kappa shape index (κ2) is 6.41. The van der Waals surface area contributed by atoms with Crippen LogP contribution < -0.4 is 5.32 Å². The van der Waals surface area contributed by atoms with Crippen LogP contribution >= 0.6 is 11.3 Å². The molecule has 2 aromatic rings. The molecule has 2 aromatic heterocycles. The van der Waals surface area contributed by atoms with Crippen LogP contribution in [0.1, 0.15) is 37.8 Å². The maximum atomic E-state index is 4.27. The minimum atomic E-state index is 0.180. The summed E-state index contributed by atoms with van der Waals surface area (Å²) in [6.07, 6.45) is 5.75. The monoisotopic (exact) mass is 290 g/mol. The van der Waals surface area contributed by atoms with Gasteiger partial charge in [0, 0.05) is 29.9 Å². The van der Waals surface area contributed by atoms with Crippen molar-refractivity contribution in [2.24, 2.45) is 0 Å². The summed E-state index contributed by atoms with van der Waals surface area (Å²) in [5, 5.41) is 14.1. The average Bonchev–Trinajstić information content (AvgIpc) is 2.82. The topological polar surface area (TPSA) is 50.7 Å². The molecule has 0 radical (unpaired) electrons. The average molecular weight is 290 g/mol. The summed E-state index contributed by atoms with van der Waals surface area (Å²) in [6.45, 7) is 9.59. The number of pyridine rings is 1. The Morgan fingerprint density at radius 3 is 2.70 bits per heavy atom. The Labute approximate surface area is 124 Å². The largest absolute Gasteiger partial charge is 0.312 e. The first-order chi connectivity index (χ1) is 9.44. The number of aryl methyl sites for hydroxylation is 2. The minimum Gasteiger partial charge on any atom is -0.312 e. The summed E-state index contributed by atoms with van der Waals surface area (Å²) in [7, 11) is 0. The van der Waals surface area contributed by atoms with E-state index in [4.69, 9.17) is 0 Å². The van der Waals surface area contributed by atoms with Gasteiger partial charge < -0.3 is 5.32 Å². The quantitative estimate of drug-likeness (QED) is 0.859. The van der Waals surface area contributed by atoms with E-state index < -0.39 is 0 Å². The number of aromatic nitrogens is 3. The lowest BCUT2D eigenvalue weighted by atomic mass is 10.1. The molecule has 5 heteroatoms. The third-order valence-electron chi connectivity index (χ3n) is 2.81. The van der Waals surface area contributed by atoms with E-state index in [0.29, 0.717) is 0 Å². The van der Waals surface area contributed by atoms with Crippen LogP contribution in [0.2, 0.25) is 0 Å². The Kier molecular flexibility index (Phi) is 4.83. The minimum absolute atomic E-state index is 0.180. The van der Waals surface area contributed by atoms with Crippen LogP contribution in [0.25, 0.3) is 10.6 Å². The van der Waals surface area contributed by atoms with Gasteiger partial charge in [0.2, 0.25) is 0 Å². The molecular weight excluding hydrogens is 268 g/mol. The Hall–Kier alpha value is -1.33. The zero-order valence-corrected chi connectivity index (χ0v) is 13.4. The van der Waals surface area contributed by atoms with Crippen molar-refractivity contribution in [3.8, 4) is 10.6 Å². The van der Waals surface area contributed by atoms with E-state index in [0.717, 1.165) is 40.5 Å². The lowest BCUT2D eigenvalue weighted by Crippen LogP contribution is -2.36. The van der Waals surface area contributed by atoms with Crippen LogP contribution in [-0.2, 0) is 6.42 Å². The molecular formula is C15H22N4S. The van der Waals surface area contributed by atoms with Crippen molar-refractivity contribution in [3.05, 3.63) is 29.0 Å². The highest BCUT2D eigenvalue weighted by molar-refractivity contribution is 7.14. The number of nitrogens with one attached hydrogen (secondary N) is 1. The second-order valence-electron chi connectivity index (χ2n) is 6.03. The van der Waals surface area contributed by atoms with E-state index in [-0.39, 0.29) is 5.54 Å². The zero-order chi connectivity index (χ0) is 14.6. The SMILES string of the molecule is Cc1cncc(-c2nnc(CCCNC(C)(C)C)s2)c1. The van der Waals surface area contributed by atoms with Gasteiger partial charge in [-0.2, -0.15) is 0 Å².